The number of benzene rings is 2. The van der Waals surface area contributed by atoms with E-state index in [1.807, 2.05) is 24.3 Å². The van der Waals surface area contributed by atoms with E-state index in [4.69, 9.17) is 4.74 Å². The van der Waals surface area contributed by atoms with Crippen molar-refractivity contribution in [3.63, 3.8) is 0 Å². The SMILES string of the molecule is COc1ccc(S(=O)(=O)N2CCC(C(=O)Nc3ccccc3Sc3nncs3)CC2)cc1. The van der Waals surface area contributed by atoms with Gasteiger partial charge in [0.2, 0.25) is 15.9 Å². The Morgan fingerprint density at radius 2 is 1.88 bits per heavy atom. The smallest absolute Gasteiger partial charge is 0.243 e. The molecule has 2 aromatic carbocycles. The highest BCUT2D eigenvalue weighted by atomic mass is 32.2. The number of carbonyl (C=O) groups excluding carboxylic acids is 1. The first-order chi connectivity index (χ1) is 15.5. The normalized spacial score (nSPS) is 15.4. The second-order valence-electron chi connectivity index (χ2n) is 7.15. The van der Waals surface area contributed by atoms with Gasteiger partial charge in [-0.1, -0.05) is 35.2 Å². The van der Waals surface area contributed by atoms with Crippen molar-refractivity contribution >= 4 is 44.7 Å². The van der Waals surface area contributed by atoms with Gasteiger partial charge in [0, 0.05) is 23.9 Å². The molecule has 0 saturated carbocycles. The predicted octanol–water partition coefficient (Wildman–Crippen LogP) is 3.74. The number of nitrogens with zero attached hydrogens (tertiary/aromatic N) is 3. The number of hydrogen-bond donors (Lipinski definition) is 1. The molecule has 3 aromatic rings. The molecule has 0 radical (unpaired) electrons. The summed E-state index contributed by atoms with van der Waals surface area (Å²) in [7, 11) is -2.07. The Morgan fingerprint density at radius 3 is 2.53 bits per heavy atom. The third-order valence-electron chi connectivity index (χ3n) is 5.20. The van der Waals surface area contributed by atoms with E-state index in [0.717, 1.165) is 9.24 Å². The third kappa shape index (κ3) is 5.12. The average molecular weight is 491 g/mol. The van der Waals surface area contributed by atoms with Crippen LogP contribution in [0, 0.1) is 5.92 Å². The maximum absolute atomic E-state index is 12.9. The summed E-state index contributed by atoms with van der Waals surface area (Å²) >= 11 is 2.88. The zero-order valence-corrected chi connectivity index (χ0v) is 19.8. The zero-order chi connectivity index (χ0) is 22.6. The van der Waals surface area contributed by atoms with Crippen LogP contribution < -0.4 is 10.1 Å². The number of para-hydroxylation sites is 1. The maximum atomic E-state index is 12.9. The number of piperidine rings is 1. The summed E-state index contributed by atoms with van der Waals surface area (Å²) in [6, 6.07) is 13.9. The summed E-state index contributed by atoms with van der Waals surface area (Å²) in [4.78, 5) is 14.0. The highest BCUT2D eigenvalue weighted by molar-refractivity contribution is 8.01. The minimum atomic E-state index is -3.60. The standard InChI is InChI=1S/C21H22N4O4S3/c1-29-16-6-8-17(9-7-16)32(27,28)25-12-10-15(11-13-25)20(26)23-18-4-2-3-5-19(18)31-21-24-22-14-30-21/h2-9,14-15H,10-13H2,1H3,(H,23,26). The fourth-order valence-electron chi connectivity index (χ4n) is 3.45. The van der Waals surface area contributed by atoms with Crippen molar-refractivity contribution in [2.24, 2.45) is 5.92 Å². The minimum Gasteiger partial charge on any atom is -0.497 e. The molecule has 1 aromatic heterocycles. The molecule has 1 aliphatic rings. The van der Waals surface area contributed by atoms with Gasteiger partial charge in [-0.3, -0.25) is 4.79 Å². The largest absolute Gasteiger partial charge is 0.497 e. The second kappa shape index (κ2) is 9.99. The molecule has 0 spiro atoms. The first-order valence-corrected chi connectivity index (χ1v) is 13.1. The topological polar surface area (TPSA) is 101 Å². The molecule has 1 fully saturated rings. The molecule has 1 N–H and O–H groups in total. The van der Waals surface area contributed by atoms with Crippen molar-refractivity contribution in [1.82, 2.24) is 14.5 Å². The van der Waals surface area contributed by atoms with Gasteiger partial charge in [-0.05, 0) is 49.2 Å². The molecule has 0 bridgehead atoms. The number of carbonyl (C=O) groups is 1. The van der Waals surface area contributed by atoms with Gasteiger partial charge in [0.25, 0.3) is 0 Å². The van der Waals surface area contributed by atoms with E-state index >= 15 is 0 Å². The van der Waals surface area contributed by atoms with E-state index < -0.39 is 10.0 Å². The fraction of sp³-hybridized carbons (Fsp3) is 0.286. The van der Waals surface area contributed by atoms with Crippen LogP contribution in [0.5, 0.6) is 5.75 Å². The number of anilines is 1. The van der Waals surface area contributed by atoms with Crippen LogP contribution in [0.2, 0.25) is 0 Å². The number of ether oxygens (including phenoxy) is 1. The van der Waals surface area contributed by atoms with E-state index in [1.165, 1.54) is 34.5 Å². The minimum absolute atomic E-state index is 0.100. The monoisotopic (exact) mass is 490 g/mol. The Kier molecular flexibility index (Phi) is 7.09. The summed E-state index contributed by atoms with van der Waals surface area (Å²) in [5.74, 6) is 0.248. The molecular formula is C21H22N4O4S3. The lowest BCUT2D eigenvalue weighted by Crippen LogP contribution is -2.41. The van der Waals surface area contributed by atoms with Crippen molar-refractivity contribution in [2.45, 2.75) is 27.0 Å². The molecular weight excluding hydrogens is 468 g/mol. The summed E-state index contributed by atoms with van der Waals surface area (Å²) in [6.45, 7) is 0.598. The van der Waals surface area contributed by atoms with E-state index in [0.29, 0.717) is 37.4 Å². The van der Waals surface area contributed by atoms with Crippen LogP contribution >= 0.6 is 23.1 Å². The number of hydrogen-bond acceptors (Lipinski definition) is 8. The molecule has 1 amide bonds. The molecule has 1 saturated heterocycles. The van der Waals surface area contributed by atoms with Gasteiger partial charge in [-0.2, -0.15) is 4.31 Å². The molecule has 0 aliphatic carbocycles. The molecule has 32 heavy (non-hydrogen) atoms. The third-order valence-corrected chi connectivity index (χ3v) is 8.97. The van der Waals surface area contributed by atoms with Gasteiger partial charge in [0.15, 0.2) is 4.34 Å². The molecule has 4 rings (SSSR count). The van der Waals surface area contributed by atoms with Crippen LogP contribution in [-0.4, -0.2) is 49.0 Å². The Labute approximate surface area is 195 Å². The van der Waals surface area contributed by atoms with Gasteiger partial charge in [-0.25, -0.2) is 8.42 Å². The molecule has 8 nitrogen and oxygen atoms in total. The number of nitrogens with one attached hydrogen (secondary N) is 1. The zero-order valence-electron chi connectivity index (χ0n) is 17.3. The Morgan fingerprint density at radius 1 is 1.16 bits per heavy atom. The summed E-state index contributed by atoms with van der Waals surface area (Å²) in [6.07, 6.45) is 0.930. The van der Waals surface area contributed by atoms with Crippen molar-refractivity contribution < 1.29 is 17.9 Å². The van der Waals surface area contributed by atoms with Crippen LogP contribution in [0.4, 0.5) is 5.69 Å². The number of amides is 1. The lowest BCUT2D eigenvalue weighted by Gasteiger charge is -2.30. The molecule has 168 valence electrons. The van der Waals surface area contributed by atoms with Gasteiger partial charge < -0.3 is 10.1 Å². The maximum Gasteiger partial charge on any atom is 0.243 e. The summed E-state index contributed by atoms with van der Waals surface area (Å²) in [5, 5.41) is 10.9. The van der Waals surface area contributed by atoms with Crippen LogP contribution in [0.1, 0.15) is 12.8 Å². The Balaban J connectivity index is 1.38. The van der Waals surface area contributed by atoms with Crippen molar-refractivity contribution in [2.75, 3.05) is 25.5 Å². The van der Waals surface area contributed by atoms with E-state index in [-0.39, 0.29) is 16.7 Å². The van der Waals surface area contributed by atoms with Crippen LogP contribution in [0.3, 0.4) is 0 Å². The van der Waals surface area contributed by atoms with Crippen LogP contribution in [0.25, 0.3) is 0 Å². The van der Waals surface area contributed by atoms with Crippen LogP contribution in [-0.2, 0) is 14.8 Å². The first kappa shape index (κ1) is 22.7. The number of rotatable bonds is 7. The molecule has 0 unspecified atom stereocenters. The lowest BCUT2D eigenvalue weighted by molar-refractivity contribution is -0.120. The quantitative estimate of drug-likeness (QED) is 0.538. The molecule has 1 aliphatic heterocycles. The van der Waals surface area contributed by atoms with E-state index in [2.05, 4.69) is 15.5 Å². The van der Waals surface area contributed by atoms with Gasteiger partial charge in [0.1, 0.15) is 11.3 Å². The second-order valence-corrected chi connectivity index (χ2v) is 11.2. The van der Waals surface area contributed by atoms with Crippen molar-refractivity contribution in [3.05, 3.63) is 54.0 Å². The highest BCUT2D eigenvalue weighted by Gasteiger charge is 2.32. The average Bonchev–Trinajstić information content (AvgIpc) is 3.33. The van der Waals surface area contributed by atoms with E-state index in [9.17, 15) is 13.2 Å². The van der Waals surface area contributed by atoms with Gasteiger partial charge in [-0.15, -0.1) is 10.2 Å². The number of aromatic nitrogens is 2. The summed E-state index contributed by atoms with van der Waals surface area (Å²) < 4.78 is 33.2. The molecule has 2 heterocycles. The highest BCUT2D eigenvalue weighted by Crippen LogP contribution is 2.34. The molecule has 0 atom stereocenters. The number of sulfonamides is 1. The summed E-state index contributed by atoms with van der Waals surface area (Å²) in [5.41, 5.74) is 2.38. The Bertz CT molecular complexity index is 1160. The van der Waals surface area contributed by atoms with Crippen molar-refractivity contribution in [1.29, 1.82) is 0 Å². The van der Waals surface area contributed by atoms with Gasteiger partial charge >= 0.3 is 0 Å². The first-order valence-electron chi connectivity index (χ1n) is 9.95. The van der Waals surface area contributed by atoms with Crippen LogP contribution in [0.15, 0.2) is 68.2 Å². The molecule has 11 heteroatoms. The lowest BCUT2D eigenvalue weighted by atomic mass is 9.97. The van der Waals surface area contributed by atoms with E-state index in [1.54, 1.807) is 29.8 Å². The predicted molar refractivity (Wildman–Crippen MR) is 124 cm³/mol. The fourth-order valence-corrected chi connectivity index (χ4v) is 6.44. The number of methoxy groups -OCH3 is 1. The van der Waals surface area contributed by atoms with Crippen molar-refractivity contribution in [3.8, 4) is 5.75 Å². The Hall–Kier alpha value is -2.47. The van der Waals surface area contributed by atoms with Gasteiger partial charge in [0.05, 0.1) is 17.7 Å².